The van der Waals surface area contributed by atoms with Crippen molar-refractivity contribution in [2.75, 3.05) is 5.73 Å². The van der Waals surface area contributed by atoms with Crippen LogP contribution >= 0.6 is 11.8 Å². The minimum Gasteiger partial charge on any atom is -0.399 e. The molecule has 3 heteroatoms. The standard InChI is InChI=1S/C18H21NOS/c1-13(2)17(20)12-18(14-6-4-3-5-7-14)21-16-10-8-15(19)9-11-16/h3-11,13,18H,12,19H2,1-2H3/t18-/m0/s1. The first-order valence-corrected chi connectivity index (χ1v) is 8.04. The summed E-state index contributed by atoms with van der Waals surface area (Å²) in [4.78, 5) is 13.3. The van der Waals surface area contributed by atoms with E-state index in [0.29, 0.717) is 12.2 Å². The first kappa shape index (κ1) is 15.6. The number of anilines is 1. The average Bonchev–Trinajstić information content (AvgIpc) is 2.49. The van der Waals surface area contributed by atoms with E-state index in [9.17, 15) is 4.79 Å². The van der Waals surface area contributed by atoms with Crippen molar-refractivity contribution in [3.63, 3.8) is 0 Å². The van der Waals surface area contributed by atoms with Crippen molar-refractivity contribution in [3.8, 4) is 0 Å². The number of benzene rings is 2. The van der Waals surface area contributed by atoms with Crippen LogP contribution < -0.4 is 5.73 Å². The van der Waals surface area contributed by atoms with Crippen LogP contribution in [0.25, 0.3) is 0 Å². The van der Waals surface area contributed by atoms with Crippen molar-refractivity contribution >= 4 is 23.2 Å². The summed E-state index contributed by atoms with van der Waals surface area (Å²) in [6.45, 7) is 3.91. The van der Waals surface area contributed by atoms with Gasteiger partial charge in [-0.3, -0.25) is 4.79 Å². The Morgan fingerprint density at radius 3 is 2.24 bits per heavy atom. The molecule has 2 aromatic carbocycles. The minimum atomic E-state index is 0.0724. The van der Waals surface area contributed by atoms with Crippen LogP contribution in [0.15, 0.2) is 59.5 Å². The van der Waals surface area contributed by atoms with Crippen LogP contribution in [0.2, 0.25) is 0 Å². The maximum atomic E-state index is 12.1. The van der Waals surface area contributed by atoms with E-state index in [4.69, 9.17) is 5.73 Å². The lowest BCUT2D eigenvalue weighted by Crippen LogP contribution is -2.10. The minimum absolute atomic E-state index is 0.0724. The highest BCUT2D eigenvalue weighted by molar-refractivity contribution is 7.99. The molecule has 2 rings (SSSR count). The number of nitrogens with two attached hydrogens (primary N) is 1. The summed E-state index contributed by atoms with van der Waals surface area (Å²) in [7, 11) is 0. The van der Waals surface area contributed by atoms with Gasteiger partial charge in [-0.2, -0.15) is 0 Å². The van der Waals surface area contributed by atoms with Crippen LogP contribution in [0, 0.1) is 5.92 Å². The summed E-state index contributed by atoms with van der Waals surface area (Å²) in [6.07, 6.45) is 0.552. The summed E-state index contributed by atoms with van der Waals surface area (Å²) in [5.41, 5.74) is 7.67. The fourth-order valence-electron chi connectivity index (χ4n) is 2.02. The largest absolute Gasteiger partial charge is 0.399 e. The Balaban J connectivity index is 2.19. The molecular formula is C18H21NOS. The molecule has 110 valence electrons. The Kier molecular flexibility index (Phi) is 5.45. The van der Waals surface area contributed by atoms with Gasteiger partial charge >= 0.3 is 0 Å². The molecule has 21 heavy (non-hydrogen) atoms. The number of thioether (sulfide) groups is 1. The molecule has 2 nitrogen and oxygen atoms in total. The molecule has 0 aliphatic rings. The van der Waals surface area contributed by atoms with Gasteiger partial charge in [0.05, 0.1) is 0 Å². The molecule has 2 aromatic rings. The molecule has 0 aliphatic carbocycles. The van der Waals surface area contributed by atoms with Crippen LogP contribution in [0.4, 0.5) is 5.69 Å². The van der Waals surface area contributed by atoms with E-state index in [1.807, 2.05) is 56.3 Å². The third-order valence-electron chi connectivity index (χ3n) is 3.36. The second-order valence-electron chi connectivity index (χ2n) is 5.41. The SMILES string of the molecule is CC(C)C(=O)C[C@H](Sc1ccc(N)cc1)c1ccccc1. The summed E-state index contributed by atoms with van der Waals surface area (Å²) in [6, 6.07) is 18.0. The van der Waals surface area contributed by atoms with Gasteiger partial charge in [-0.05, 0) is 29.8 Å². The summed E-state index contributed by atoms with van der Waals surface area (Å²) < 4.78 is 0. The van der Waals surface area contributed by atoms with Crippen molar-refractivity contribution < 1.29 is 4.79 Å². The number of hydrogen-bond donors (Lipinski definition) is 1. The van der Waals surface area contributed by atoms with E-state index in [0.717, 1.165) is 10.6 Å². The lowest BCUT2D eigenvalue weighted by atomic mass is 10.0. The zero-order valence-corrected chi connectivity index (χ0v) is 13.3. The van der Waals surface area contributed by atoms with Crippen LogP contribution in [0.3, 0.4) is 0 Å². The Morgan fingerprint density at radius 1 is 1.05 bits per heavy atom. The van der Waals surface area contributed by atoms with Gasteiger partial charge in [0.2, 0.25) is 0 Å². The number of Topliss-reactive ketones (excluding diaryl/α,β-unsaturated/α-hetero) is 1. The van der Waals surface area contributed by atoms with E-state index < -0.39 is 0 Å². The van der Waals surface area contributed by atoms with Gasteiger partial charge in [0.1, 0.15) is 5.78 Å². The first-order valence-electron chi connectivity index (χ1n) is 7.16. The van der Waals surface area contributed by atoms with Gasteiger partial charge in [0.15, 0.2) is 0 Å². The number of carbonyl (C=O) groups excluding carboxylic acids is 1. The highest BCUT2D eigenvalue weighted by atomic mass is 32.2. The molecule has 0 saturated carbocycles. The van der Waals surface area contributed by atoms with Gasteiger partial charge in [0, 0.05) is 28.2 Å². The van der Waals surface area contributed by atoms with Gasteiger partial charge < -0.3 is 5.73 Å². The maximum Gasteiger partial charge on any atom is 0.136 e. The van der Waals surface area contributed by atoms with E-state index >= 15 is 0 Å². The molecule has 0 unspecified atom stereocenters. The molecule has 0 aromatic heterocycles. The van der Waals surface area contributed by atoms with Crippen molar-refractivity contribution in [1.29, 1.82) is 0 Å². The molecule has 0 saturated heterocycles. The first-order chi connectivity index (χ1) is 10.1. The second-order valence-corrected chi connectivity index (χ2v) is 6.69. The van der Waals surface area contributed by atoms with Crippen LogP contribution in [-0.4, -0.2) is 5.78 Å². The van der Waals surface area contributed by atoms with Crippen LogP contribution in [-0.2, 0) is 4.79 Å². The molecular weight excluding hydrogens is 278 g/mol. The molecule has 0 aliphatic heterocycles. The predicted molar refractivity (Wildman–Crippen MR) is 90.4 cm³/mol. The second kappa shape index (κ2) is 7.32. The van der Waals surface area contributed by atoms with Gasteiger partial charge in [-0.25, -0.2) is 0 Å². The molecule has 0 amide bonds. The number of carbonyl (C=O) groups is 1. The Hall–Kier alpha value is -1.74. The molecule has 2 N–H and O–H groups in total. The highest BCUT2D eigenvalue weighted by Gasteiger charge is 2.19. The van der Waals surface area contributed by atoms with Gasteiger partial charge in [-0.1, -0.05) is 44.2 Å². The molecule has 0 radical (unpaired) electrons. The average molecular weight is 299 g/mol. The van der Waals surface area contributed by atoms with E-state index in [1.54, 1.807) is 11.8 Å². The van der Waals surface area contributed by atoms with Crippen molar-refractivity contribution in [2.45, 2.75) is 30.4 Å². The third-order valence-corrected chi connectivity index (χ3v) is 4.63. The fraction of sp³-hybridized carbons (Fsp3) is 0.278. The zero-order valence-electron chi connectivity index (χ0n) is 12.5. The fourth-order valence-corrected chi connectivity index (χ4v) is 3.19. The molecule has 0 bridgehead atoms. The smallest absolute Gasteiger partial charge is 0.136 e. The van der Waals surface area contributed by atoms with Gasteiger partial charge in [0.25, 0.3) is 0 Å². The number of rotatable bonds is 6. The van der Waals surface area contributed by atoms with Crippen molar-refractivity contribution in [3.05, 3.63) is 60.2 Å². The van der Waals surface area contributed by atoms with E-state index in [2.05, 4.69) is 12.1 Å². The number of nitrogen functional groups attached to an aromatic ring is 1. The Morgan fingerprint density at radius 2 is 1.67 bits per heavy atom. The molecule has 0 fully saturated rings. The van der Waals surface area contributed by atoms with Crippen LogP contribution in [0.5, 0.6) is 0 Å². The van der Waals surface area contributed by atoms with Crippen LogP contribution in [0.1, 0.15) is 31.1 Å². The third kappa shape index (κ3) is 4.64. The molecule has 0 heterocycles. The maximum absolute atomic E-state index is 12.1. The predicted octanol–water partition coefficient (Wildman–Crippen LogP) is 4.72. The van der Waals surface area contributed by atoms with Crippen molar-refractivity contribution in [1.82, 2.24) is 0 Å². The normalized spacial score (nSPS) is 12.3. The topological polar surface area (TPSA) is 43.1 Å². The van der Waals surface area contributed by atoms with E-state index in [1.165, 1.54) is 5.56 Å². The van der Waals surface area contributed by atoms with Crippen molar-refractivity contribution in [2.24, 2.45) is 5.92 Å². The lowest BCUT2D eigenvalue weighted by Gasteiger charge is -2.17. The summed E-state index contributed by atoms with van der Waals surface area (Å²) >= 11 is 1.72. The number of hydrogen-bond acceptors (Lipinski definition) is 3. The van der Waals surface area contributed by atoms with Gasteiger partial charge in [-0.15, -0.1) is 11.8 Å². The Bertz CT molecular complexity index is 578. The van der Waals surface area contributed by atoms with E-state index in [-0.39, 0.29) is 11.2 Å². The summed E-state index contributed by atoms with van der Waals surface area (Å²) in [5.74, 6) is 0.370. The zero-order chi connectivity index (χ0) is 15.2. The quantitative estimate of drug-likeness (QED) is 0.620. The molecule has 0 spiro atoms. The number of ketones is 1. The summed E-state index contributed by atoms with van der Waals surface area (Å²) in [5, 5.41) is 0.143. The monoisotopic (exact) mass is 299 g/mol. The Labute approximate surface area is 130 Å². The lowest BCUT2D eigenvalue weighted by molar-refractivity contribution is -0.121. The highest BCUT2D eigenvalue weighted by Crippen LogP contribution is 2.38. The molecule has 1 atom stereocenters.